The van der Waals surface area contributed by atoms with E-state index in [9.17, 15) is 9.59 Å². The highest BCUT2D eigenvalue weighted by atomic mass is 35.5. The van der Waals surface area contributed by atoms with Crippen molar-refractivity contribution in [2.45, 2.75) is 70.1 Å². The molecule has 0 saturated carbocycles. The fourth-order valence-corrected chi connectivity index (χ4v) is 6.75. The number of nitrogens with two attached hydrogens (primary N) is 2. The highest BCUT2D eigenvalue weighted by Crippen LogP contribution is 2.27. The lowest BCUT2D eigenvalue weighted by Gasteiger charge is -2.48. The molecule has 4 rings (SSSR count). The molecular formula is C31H40Cl3N7O2S. The summed E-state index contributed by atoms with van der Waals surface area (Å²) in [5, 5.41) is 13.5. The lowest BCUT2D eigenvalue weighted by Crippen LogP contribution is -2.65. The van der Waals surface area contributed by atoms with E-state index in [0.29, 0.717) is 53.5 Å². The Labute approximate surface area is 278 Å². The number of halogens is 3. The number of carbonyl (C=O) groups excluding carboxylic acids is 2. The summed E-state index contributed by atoms with van der Waals surface area (Å²) in [6.07, 6.45) is 2.82. The number of nitrogens with zero attached hydrogens (tertiary/aromatic N) is 4. The minimum absolute atomic E-state index is 0.119. The third-order valence-corrected chi connectivity index (χ3v) is 9.30. The summed E-state index contributed by atoms with van der Waals surface area (Å²) in [6, 6.07) is 10.6. The maximum absolute atomic E-state index is 14.0. The van der Waals surface area contributed by atoms with Gasteiger partial charge in [-0.2, -0.15) is 0 Å². The molecule has 0 spiro atoms. The molecule has 1 aliphatic heterocycles. The van der Waals surface area contributed by atoms with E-state index in [4.69, 9.17) is 46.3 Å². The number of benzene rings is 2. The van der Waals surface area contributed by atoms with E-state index in [1.807, 2.05) is 21.9 Å². The summed E-state index contributed by atoms with van der Waals surface area (Å²) in [6.45, 7) is 5.64. The third-order valence-electron chi connectivity index (χ3n) is 7.81. The number of hydrogen-bond acceptors (Lipinski definition) is 8. The van der Waals surface area contributed by atoms with Gasteiger partial charge in [0.15, 0.2) is 0 Å². The number of aromatic nitrogens is 2. The Hall–Kier alpha value is -2.47. The second-order valence-corrected chi connectivity index (χ2v) is 13.8. The van der Waals surface area contributed by atoms with Crippen molar-refractivity contribution in [1.29, 1.82) is 0 Å². The van der Waals surface area contributed by atoms with Gasteiger partial charge in [0.2, 0.25) is 16.9 Å². The van der Waals surface area contributed by atoms with Gasteiger partial charge in [-0.15, -0.1) is 10.2 Å². The van der Waals surface area contributed by atoms with Gasteiger partial charge < -0.3 is 26.6 Å². The topological polar surface area (TPSA) is 130 Å². The van der Waals surface area contributed by atoms with Gasteiger partial charge in [0.05, 0.1) is 12.1 Å². The van der Waals surface area contributed by atoms with Crippen molar-refractivity contribution in [3.8, 4) is 0 Å². The van der Waals surface area contributed by atoms with E-state index in [1.165, 1.54) is 11.3 Å². The fraction of sp³-hybridized carbons (Fsp3) is 0.484. The van der Waals surface area contributed by atoms with Crippen LogP contribution in [-0.4, -0.2) is 75.6 Å². The first kappa shape index (κ1) is 34.4. The van der Waals surface area contributed by atoms with Crippen LogP contribution in [-0.2, 0) is 22.4 Å². The molecule has 0 bridgehead atoms. The van der Waals surface area contributed by atoms with Gasteiger partial charge in [0.25, 0.3) is 0 Å². The average molecular weight is 681 g/mol. The molecule has 2 aromatic carbocycles. The quantitative estimate of drug-likeness (QED) is 0.209. The Morgan fingerprint density at radius 2 is 1.59 bits per heavy atom. The summed E-state index contributed by atoms with van der Waals surface area (Å²) < 4.78 is 0. The zero-order chi connectivity index (χ0) is 31.8. The van der Waals surface area contributed by atoms with E-state index < -0.39 is 12.1 Å². The van der Waals surface area contributed by atoms with Crippen molar-refractivity contribution >= 4 is 63.1 Å². The van der Waals surface area contributed by atoms with Crippen LogP contribution in [0.5, 0.6) is 0 Å². The molecule has 3 aromatic rings. The molecule has 1 aliphatic rings. The van der Waals surface area contributed by atoms with E-state index in [0.717, 1.165) is 29.1 Å². The van der Waals surface area contributed by atoms with E-state index >= 15 is 0 Å². The summed E-state index contributed by atoms with van der Waals surface area (Å²) in [4.78, 5) is 31.7. The molecule has 4 atom stereocenters. The monoisotopic (exact) mass is 679 g/mol. The standard InChI is InChI=1S/C31H40Cl3N7O2S/c1-19(2)12-25-17-40(30(43)28(36)14-21-7-10-23(33)15-26(21)34)24(4-3-11-37-31-39-38-18-44-31)16-41(25)29(42)27(35)13-20-5-8-22(32)9-6-20/h5-10,15,18-19,24-25,27-28H,3-4,11-14,16-17,35-36H2,1-2H3,(H,37,39)/t24-,25+,27?,28?/m0/s1. The van der Waals surface area contributed by atoms with Gasteiger partial charge >= 0.3 is 0 Å². The summed E-state index contributed by atoms with van der Waals surface area (Å²) >= 11 is 20.0. The molecule has 1 fully saturated rings. The normalized spacial score (nSPS) is 18.4. The molecule has 2 unspecified atom stereocenters. The highest BCUT2D eigenvalue weighted by Gasteiger charge is 2.41. The Morgan fingerprint density at radius 3 is 2.23 bits per heavy atom. The highest BCUT2D eigenvalue weighted by molar-refractivity contribution is 7.13. The van der Waals surface area contributed by atoms with Gasteiger partial charge in [-0.3, -0.25) is 9.59 Å². The number of carbonyl (C=O) groups is 2. The van der Waals surface area contributed by atoms with E-state index in [1.54, 1.807) is 35.8 Å². The van der Waals surface area contributed by atoms with Crippen LogP contribution in [0.2, 0.25) is 15.1 Å². The van der Waals surface area contributed by atoms with Gasteiger partial charge in [0, 0.05) is 46.8 Å². The molecular weight excluding hydrogens is 641 g/mol. The van der Waals surface area contributed by atoms with Crippen LogP contribution in [0.4, 0.5) is 5.13 Å². The summed E-state index contributed by atoms with van der Waals surface area (Å²) in [5.74, 6) is 0.0188. The number of amides is 2. The smallest absolute Gasteiger partial charge is 0.240 e. The first-order chi connectivity index (χ1) is 21.0. The fourth-order valence-electron chi connectivity index (χ4n) is 5.66. The molecule has 0 radical (unpaired) electrons. The van der Waals surface area contributed by atoms with Crippen molar-refractivity contribution in [2.24, 2.45) is 17.4 Å². The van der Waals surface area contributed by atoms with Gasteiger partial charge in [-0.05, 0) is 73.4 Å². The predicted molar refractivity (Wildman–Crippen MR) is 179 cm³/mol. The maximum atomic E-state index is 14.0. The van der Waals surface area contributed by atoms with Gasteiger partial charge in [-0.25, -0.2) is 0 Å². The second kappa shape index (κ2) is 16.2. The Morgan fingerprint density at radius 1 is 0.955 bits per heavy atom. The van der Waals surface area contributed by atoms with Crippen LogP contribution in [0.25, 0.3) is 0 Å². The SMILES string of the molecule is CC(C)C[C@@H]1CN(C(=O)C(N)Cc2ccc(Cl)cc2Cl)[C@@H](CCCNc2nncs2)CN1C(=O)C(N)Cc1ccc(Cl)cc1. The lowest BCUT2D eigenvalue weighted by atomic mass is 9.93. The van der Waals surface area contributed by atoms with Crippen LogP contribution < -0.4 is 16.8 Å². The minimum Gasteiger partial charge on any atom is -0.360 e. The summed E-state index contributed by atoms with van der Waals surface area (Å²) in [7, 11) is 0. The molecule has 13 heteroatoms. The first-order valence-electron chi connectivity index (χ1n) is 14.8. The van der Waals surface area contributed by atoms with Crippen molar-refractivity contribution in [2.75, 3.05) is 25.0 Å². The minimum atomic E-state index is -0.801. The van der Waals surface area contributed by atoms with Gasteiger partial charge in [-0.1, -0.05) is 78.2 Å². The lowest BCUT2D eigenvalue weighted by molar-refractivity contribution is -0.149. The number of nitrogens with one attached hydrogen (secondary N) is 1. The van der Waals surface area contributed by atoms with Crippen molar-refractivity contribution < 1.29 is 9.59 Å². The molecule has 9 nitrogen and oxygen atoms in total. The Bertz CT molecular complexity index is 1380. The first-order valence-corrected chi connectivity index (χ1v) is 16.8. The number of hydrogen-bond donors (Lipinski definition) is 3. The number of anilines is 1. The van der Waals surface area contributed by atoms with Crippen molar-refractivity contribution in [3.63, 3.8) is 0 Å². The molecule has 238 valence electrons. The van der Waals surface area contributed by atoms with Crippen LogP contribution >= 0.6 is 46.1 Å². The molecule has 2 amide bonds. The Kier molecular flexibility index (Phi) is 12.7. The van der Waals surface area contributed by atoms with Crippen LogP contribution in [0.3, 0.4) is 0 Å². The second-order valence-electron chi connectivity index (χ2n) is 11.7. The number of rotatable bonds is 13. The predicted octanol–water partition coefficient (Wildman–Crippen LogP) is 5.28. The molecule has 1 aromatic heterocycles. The molecule has 1 saturated heterocycles. The summed E-state index contributed by atoms with van der Waals surface area (Å²) in [5.41, 5.74) is 16.4. The Balaban J connectivity index is 1.53. The van der Waals surface area contributed by atoms with Crippen LogP contribution in [0.1, 0.15) is 44.2 Å². The molecule has 0 aliphatic carbocycles. The largest absolute Gasteiger partial charge is 0.360 e. The van der Waals surface area contributed by atoms with E-state index in [-0.39, 0.29) is 30.3 Å². The van der Waals surface area contributed by atoms with Crippen LogP contribution in [0, 0.1) is 5.92 Å². The third kappa shape index (κ3) is 9.52. The van der Waals surface area contributed by atoms with Crippen molar-refractivity contribution in [1.82, 2.24) is 20.0 Å². The van der Waals surface area contributed by atoms with Gasteiger partial charge in [0.1, 0.15) is 5.51 Å². The molecule has 44 heavy (non-hydrogen) atoms. The number of piperazine rings is 1. The molecule has 2 heterocycles. The zero-order valence-corrected chi connectivity index (χ0v) is 28.0. The van der Waals surface area contributed by atoms with Crippen LogP contribution in [0.15, 0.2) is 48.0 Å². The maximum Gasteiger partial charge on any atom is 0.240 e. The van der Waals surface area contributed by atoms with Crippen molar-refractivity contribution in [3.05, 3.63) is 74.2 Å². The average Bonchev–Trinajstić information content (AvgIpc) is 3.51. The van der Waals surface area contributed by atoms with E-state index in [2.05, 4.69) is 29.4 Å². The zero-order valence-electron chi connectivity index (χ0n) is 25.0. The molecule has 5 N–H and O–H groups in total.